The van der Waals surface area contributed by atoms with E-state index in [0.29, 0.717) is 12.0 Å². The van der Waals surface area contributed by atoms with Gasteiger partial charge in [0, 0.05) is 36.9 Å². The van der Waals surface area contributed by atoms with Crippen LogP contribution in [0.3, 0.4) is 0 Å². The van der Waals surface area contributed by atoms with E-state index in [1.165, 1.54) is 0 Å². The number of hydrogen-bond acceptors (Lipinski definition) is 3. The van der Waals surface area contributed by atoms with Gasteiger partial charge in [0.15, 0.2) is 5.69 Å². The summed E-state index contributed by atoms with van der Waals surface area (Å²) in [6.07, 6.45) is 0.642. The second-order valence-electron chi connectivity index (χ2n) is 4.66. The third kappa shape index (κ3) is 4.22. The number of thiazole rings is 1. The Labute approximate surface area is 147 Å². The fourth-order valence-corrected chi connectivity index (χ4v) is 3.46. The summed E-state index contributed by atoms with van der Waals surface area (Å²) in [6.45, 7) is 4.04. The van der Waals surface area contributed by atoms with E-state index >= 15 is 0 Å². The van der Waals surface area contributed by atoms with Crippen molar-refractivity contribution in [2.24, 2.45) is 0 Å². The van der Waals surface area contributed by atoms with E-state index in [9.17, 15) is 4.79 Å². The van der Waals surface area contributed by atoms with Crippen LogP contribution >= 0.6 is 27.3 Å². The number of Topliss-reactive ketones (excluding diaryl/α,β-unsaturated/α-hetero) is 1. The predicted molar refractivity (Wildman–Crippen MR) is 83.2 cm³/mol. The number of carbonyl (C=O) groups is 1. The van der Waals surface area contributed by atoms with Gasteiger partial charge in [-0.2, -0.15) is 4.57 Å². The molecule has 0 spiro atoms. The van der Waals surface area contributed by atoms with Gasteiger partial charge in [-0.15, -0.1) is 0 Å². The third-order valence-electron chi connectivity index (χ3n) is 3.36. The van der Waals surface area contributed by atoms with Crippen molar-refractivity contribution in [3.8, 4) is 0 Å². The highest BCUT2D eigenvalue weighted by atomic mass is 79.9. The number of rotatable bonds is 5. The van der Waals surface area contributed by atoms with Gasteiger partial charge in [0.05, 0.1) is 4.88 Å². The number of aliphatic hydroxyl groups is 1. The summed E-state index contributed by atoms with van der Waals surface area (Å²) in [6, 6.07) is 7.18. The van der Waals surface area contributed by atoms with Crippen molar-refractivity contribution in [2.45, 2.75) is 26.3 Å². The number of halogens is 2. The molecule has 2 aromatic rings. The van der Waals surface area contributed by atoms with E-state index in [0.717, 1.165) is 15.0 Å². The lowest BCUT2D eigenvalue weighted by Gasteiger charge is -2.06. The van der Waals surface area contributed by atoms with E-state index in [-0.39, 0.29) is 35.4 Å². The van der Waals surface area contributed by atoms with Gasteiger partial charge in [-0.1, -0.05) is 39.4 Å². The van der Waals surface area contributed by atoms with E-state index in [2.05, 4.69) is 15.9 Å². The quantitative estimate of drug-likeness (QED) is 0.535. The molecule has 0 aliphatic rings. The Hall–Kier alpha value is -0.560. The second-order valence-corrected chi connectivity index (χ2v) is 6.51. The normalized spacial score (nSPS) is 11.8. The van der Waals surface area contributed by atoms with E-state index in [1.54, 1.807) is 11.3 Å². The van der Waals surface area contributed by atoms with Crippen LogP contribution in [0.2, 0.25) is 0 Å². The number of ketones is 1. The first-order valence-corrected chi connectivity index (χ1v) is 8.10. The first kappa shape index (κ1) is 18.5. The van der Waals surface area contributed by atoms with Crippen LogP contribution < -0.4 is 21.5 Å². The van der Waals surface area contributed by atoms with Gasteiger partial charge in [0.2, 0.25) is 17.3 Å². The number of aliphatic hydroxyl groups excluding tert-OH is 1. The molecule has 21 heavy (non-hydrogen) atoms. The van der Waals surface area contributed by atoms with Crippen LogP contribution in [0.5, 0.6) is 0 Å². The maximum Gasteiger partial charge on any atom is 0.230 e. The first-order chi connectivity index (χ1) is 9.54. The highest BCUT2D eigenvalue weighted by molar-refractivity contribution is 9.10. The minimum Gasteiger partial charge on any atom is -1.00 e. The molecule has 0 saturated carbocycles. The molecule has 1 N–H and O–H groups in total. The summed E-state index contributed by atoms with van der Waals surface area (Å²) in [5.41, 5.74) is 3.73. The van der Waals surface area contributed by atoms with Crippen molar-refractivity contribution in [1.29, 1.82) is 0 Å². The summed E-state index contributed by atoms with van der Waals surface area (Å²) in [7, 11) is 0. The van der Waals surface area contributed by atoms with E-state index in [4.69, 9.17) is 5.11 Å². The van der Waals surface area contributed by atoms with Gasteiger partial charge in [0.1, 0.15) is 0 Å². The maximum absolute atomic E-state index is 12.5. The molecule has 0 fully saturated rings. The molecule has 0 amide bonds. The van der Waals surface area contributed by atoms with Crippen LogP contribution in [0.4, 0.5) is 0 Å². The Kier molecular flexibility index (Phi) is 7.20. The van der Waals surface area contributed by atoms with Gasteiger partial charge in [-0.25, -0.2) is 0 Å². The predicted octanol–water partition coefficient (Wildman–Crippen LogP) is 0.0892. The Bertz CT molecular complexity index is 611. The zero-order chi connectivity index (χ0) is 14.7. The average Bonchev–Trinajstić information content (AvgIpc) is 2.80. The summed E-state index contributed by atoms with van der Waals surface area (Å²) in [4.78, 5) is 13.6. The van der Waals surface area contributed by atoms with Crippen molar-refractivity contribution < 1.29 is 31.4 Å². The third-order valence-corrected chi connectivity index (χ3v) is 5.01. The SMILES string of the molecule is Cc1c(CCO)sc[n+]1C(C)C(=O)c1ccc(Br)cc1.[Br-]. The first-order valence-electron chi connectivity index (χ1n) is 6.43. The molecule has 1 atom stereocenters. The molecule has 0 aliphatic heterocycles. The summed E-state index contributed by atoms with van der Waals surface area (Å²) >= 11 is 4.96. The molecule has 0 bridgehead atoms. The molecular formula is C15H17Br2NO2S. The van der Waals surface area contributed by atoms with Crippen LogP contribution in [0.25, 0.3) is 0 Å². The maximum atomic E-state index is 12.5. The van der Waals surface area contributed by atoms with Crippen LogP contribution in [-0.2, 0) is 6.42 Å². The molecule has 1 heterocycles. The largest absolute Gasteiger partial charge is 1.00 e. The smallest absolute Gasteiger partial charge is 0.230 e. The minimum absolute atomic E-state index is 0. The molecule has 6 heteroatoms. The molecule has 0 radical (unpaired) electrons. The molecule has 1 aromatic carbocycles. The molecule has 1 aromatic heterocycles. The number of nitrogens with zero attached hydrogens (tertiary/aromatic N) is 1. The zero-order valence-corrected chi connectivity index (χ0v) is 15.8. The molecule has 0 aliphatic carbocycles. The van der Waals surface area contributed by atoms with Crippen molar-refractivity contribution >= 4 is 33.0 Å². The Balaban J connectivity index is 0.00000220. The fourth-order valence-electron chi connectivity index (χ4n) is 2.13. The number of carbonyl (C=O) groups excluding carboxylic acids is 1. The Morgan fingerprint density at radius 3 is 2.57 bits per heavy atom. The standard InChI is InChI=1S/C15H17BrNO2S.BrH/c1-10-14(7-8-18)20-9-17(10)11(2)15(19)12-3-5-13(16)6-4-12;/h3-6,9,11,18H,7-8H2,1-2H3;1H/q+1;/p-1. The Morgan fingerprint density at radius 1 is 1.38 bits per heavy atom. The summed E-state index contributed by atoms with van der Waals surface area (Å²) < 4.78 is 2.95. The van der Waals surface area contributed by atoms with Crippen LogP contribution in [-0.4, -0.2) is 17.5 Å². The molecular weight excluding hydrogens is 418 g/mol. The van der Waals surface area contributed by atoms with Crippen molar-refractivity contribution in [3.63, 3.8) is 0 Å². The molecule has 2 rings (SSSR count). The minimum atomic E-state index is -0.236. The summed E-state index contributed by atoms with van der Waals surface area (Å²) in [5.74, 6) is 0.0962. The molecule has 1 unspecified atom stereocenters. The number of hydrogen-bond donors (Lipinski definition) is 1. The molecule has 3 nitrogen and oxygen atoms in total. The average molecular weight is 435 g/mol. The van der Waals surface area contributed by atoms with E-state index < -0.39 is 0 Å². The van der Waals surface area contributed by atoms with Gasteiger partial charge in [0.25, 0.3) is 0 Å². The van der Waals surface area contributed by atoms with E-state index in [1.807, 2.05) is 48.2 Å². The van der Waals surface area contributed by atoms with Crippen molar-refractivity contribution in [3.05, 3.63) is 50.4 Å². The van der Waals surface area contributed by atoms with Crippen molar-refractivity contribution in [1.82, 2.24) is 0 Å². The lowest BCUT2D eigenvalue weighted by molar-refractivity contribution is -0.706. The monoisotopic (exact) mass is 433 g/mol. The lowest BCUT2D eigenvalue weighted by Crippen LogP contribution is -3.00. The van der Waals surface area contributed by atoms with Gasteiger partial charge >= 0.3 is 0 Å². The topological polar surface area (TPSA) is 41.2 Å². The zero-order valence-electron chi connectivity index (χ0n) is 11.8. The van der Waals surface area contributed by atoms with Gasteiger partial charge in [-0.05, 0) is 12.1 Å². The number of aromatic nitrogens is 1. The molecule has 0 saturated heterocycles. The Morgan fingerprint density at radius 2 is 2.00 bits per heavy atom. The van der Waals surface area contributed by atoms with Crippen LogP contribution in [0.1, 0.15) is 33.9 Å². The van der Waals surface area contributed by atoms with Crippen LogP contribution in [0, 0.1) is 6.92 Å². The van der Waals surface area contributed by atoms with Crippen molar-refractivity contribution in [2.75, 3.05) is 6.61 Å². The van der Waals surface area contributed by atoms with Gasteiger partial charge < -0.3 is 22.1 Å². The summed E-state index contributed by atoms with van der Waals surface area (Å²) in [5, 5.41) is 9.03. The highest BCUT2D eigenvalue weighted by Crippen LogP contribution is 2.18. The lowest BCUT2D eigenvalue weighted by atomic mass is 10.1. The highest BCUT2D eigenvalue weighted by Gasteiger charge is 2.27. The fraction of sp³-hybridized carbons (Fsp3) is 0.333. The number of benzene rings is 1. The second kappa shape index (κ2) is 8.17. The van der Waals surface area contributed by atoms with Crippen LogP contribution in [0.15, 0.2) is 34.2 Å². The van der Waals surface area contributed by atoms with Gasteiger partial charge in [-0.3, -0.25) is 4.79 Å². The molecule has 114 valence electrons.